The van der Waals surface area contributed by atoms with E-state index in [1.54, 1.807) is 12.5 Å². The van der Waals surface area contributed by atoms with Gasteiger partial charge in [-0.25, -0.2) is 9.78 Å². The number of ether oxygens (including phenoxy) is 1. The number of hydrogen-bond acceptors (Lipinski definition) is 5. The van der Waals surface area contributed by atoms with Gasteiger partial charge in [0.2, 0.25) is 5.91 Å². The van der Waals surface area contributed by atoms with E-state index < -0.39 is 12.1 Å². The highest BCUT2D eigenvalue weighted by atomic mass is 16.5. The number of fused-ring (bicyclic) bond motifs is 1. The van der Waals surface area contributed by atoms with E-state index in [1.165, 1.54) is 0 Å². The Labute approximate surface area is 232 Å². The van der Waals surface area contributed by atoms with Crippen molar-refractivity contribution >= 4 is 23.4 Å². The van der Waals surface area contributed by atoms with Gasteiger partial charge in [0, 0.05) is 31.7 Å². The Balaban J connectivity index is 1.18. The van der Waals surface area contributed by atoms with E-state index in [4.69, 9.17) is 4.74 Å². The highest BCUT2D eigenvalue weighted by molar-refractivity contribution is 6.00. The number of likely N-dealkylation sites (tertiary alicyclic amines) is 2. The Kier molecular flexibility index (Phi) is 7.18. The van der Waals surface area contributed by atoms with Crippen molar-refractivity contribution in [2.24, 2.45) is 0 Å². The van der Waals surface area contributed by atoms with Gasteiger partial charge in [-0.05, 0) is 36.1 Å². The molecular formula is C31H31N5O4. The number of imidazole rings is 1. The number of hydrogen-bond donors (Lipinski definition) is 1. The molecule has 40 heavy (non-hydrogen) atoms. The van der Waals surface area contributed by atoms with Crippen LogP contribution in [0, 0.1) is 0 Å². The summed E-state index contributed by atoms with van der Waals surface area (Å²) in [6, 6.07) is 22.3. The van der Waals surface area contributed by atoms with Crippen LogP contribution in [0.5, 0.6) is 0 Å². The molecule has 1 unspecified atom stereocenters. The van der Waals surface area contributed by atoms with Gasteiger partial charge in [0.1, 0.15) is 12.6 Å². The average Bonchev–Trinajstić information content (AvgIpc) is 3.63. The van der Waals surface area contributed by atoms with Crippen LogP contribution in [0.4, 0.5) is 4.79 Å². The molecule has 204 valence electrons. The first-order chi connectivity index (χ1) is 19.6. The summed E-state index contributed by atoms with van der Waals surface area (Å²) >= 11 is 0. The summed E-state index contributed by atoms with van der Waals surface area (Å²) in [5, 5.41) is 2.76. The minimum Gasteiger partial charge on any atom is -0.445 e. The molecule has 2 aromatic heterocycles. The van der Waals surface area contributed by atoms with Crippen molar-refractivity contribution in [2.45, 2.75) is 37.5 Å². The fourth-order valence-corrected chi connectivity index (χ4v) is 5.89. The summed E-state index contributed by atoms with van der Waals surface area (Å²) in [7, 11) is 0. The molecule has 3 atom stereocenters. The lowest BCUT2D eigenvalue weighted by molar-refractivity contribution is -0.132. The van der Waals surface area contributed by atoms with Crippen molar-refractivity contribution in [3.63, 3.8) is 0 Å². The zero-order valence-corrected chi connectivity index (χ0v) is 22.1. The van der Waals surface area contributed by atoms with Crippen molar-refractivity contribution in [1.82, 2.24) is 24.5 Å². The molecule has 2 aliphatic rings. The largest absolute Gasteiger partial charge is 0.445 e. The number of benzene rings is 2. The second kappa shape index (κ2) is 11.2. The lowest BCUT2D eigenvalue weighted by Crippen LogP contribution is -2.55. The molecule has 2 aromatic carbocycles. The number of nitrogens with one attached hydrogen (secondary N) is 1. The normalized spacial score (nSPS) is 21.0. The van der Waals surface area contributed by atoms with E-state index in [1.807, 2.05) is 81.1 Å². The number of alkyl carbamates (subject to hydrolysis) is 1. The number of carbonyl (C=O) groups excluding carboxylic acids is 3. The van der Waals surface area contributed by atoms with Crippen LogP contribution in [0.1, 0.15) is 40.2 Å². The Morgan fingerprint density at radius 1 is 0.950 bits per heavy atom. The maximum Gasteiger partial charge on any atom is 0.408 e. The van der Waals surface area contributed by atoms with Crippen LogP contribution < -0.4 is 5.32 Å². The van der Waals surface area contributed by atoms with Gasteiger partial charge < -0.3 is 24.3 Å². The maximum atomic E-state index is 13.7. The van der Waals surface area contributed by atoms with E-state index >= 15 is 0 Å². The zero-order chi connectivity index (χ0) is 27.5. The van der Waals surface area contributed by atoms with Crippen molar-refractivity contribution in [3.05, 3.63) is 108 Å². The van der Waals surface area contributed by atoms with Gasteiger partial charge in [-0.1, -0.05) is 60.7 Å². The molecule has 2 saturated heterocycles. The van der Waals surface area contributed by atoms with Gasteiger partial charge >= 0.3 is 6.09 Å². The van der Waals surface area contributed by atoms with Crippen molar-refractivity contribution in [2.75, 3.05) is 19.6 Å². The van der Waals surface area contributed by atoms with E-state index in [-0.39, 0.29) is 30.4 Å². The monoisotopic (exact) mass is 537 g/mol. The molecule has 4 heterocycles. The first kappa shape index (κ1) is 25.6. The molecule has 9 nitrogen and oxygen atoms in total. The number of nitrogens with zero attached hydrogens (tertiary/aromatic N) is 4. The first-order valence-electron chi connectivity index (χ1n) is 13.6. The Hall–Kier alpha value is -4.66. The fourth-order valence-electron chi connectivity index (χ4n) is 5.89. The van der Waals surface area contributed by atoms with Gasteiger partial charge in [0.15, 0.2) is 0 Å². The number of carbonyl (C=O) groups is 3. The summed E-state index contributed by atoms with van der Waals surface area (Å²) < 4.78 is 7.19. The highest BCUT2D eigenvalue weighted by Crippen LogP contribution is 2.34. The quantitative estimate of drug-likeness (QED) is 0.403. The lowest BCUT2D eigenvalue weighted by atomic mass is 9.84. The molecule has 2 fully saturated rings. The number of piperidine rings is 1. The molecule has 0 saturated carbocycles. The Morgan fingerprint density at radius 3 is 2.52 bits per heavy atom. The third kappa shape index (κ3) is 5.14. The summed E-state index contributed by atoms with van der Waals surface area (Å²) in [5.74, 6) is -0.146. The molecule has 2 aliphatic heterocycles. The second-order valence-corrected chi connectivity index (χ2v) is 10.3. The highest BCUT2D eigenvalue weighted by Gasteiger charge is 2.43. The smallest absolute Gasteiger partial charge is 0.408 e. The molecule has 0 spiro atoms. The first-order valence-corrected chi connectivity index (χ1v) is 13.6. The SMILES string of the molecule is O=C(NC1CCN([C@@H]2CN(C(=O)c3cccn4cncc34)CC[C@H]2c2ccccc2)C1=O)OCc1ccccc1. The number of amides is 3. The van der Waals surface area contributed by atoms with Gasteiger partial charge in [-0.2, -0.15) is 0 Å². The minimum atomic E-state index is -0.661. The van der Waals surface area contributed by atoms with Crippen LogP contribution in [0.25, 0.3) is 5.52 Å². The summed E-state index contributed by atoms with van der Waals surface area (Å²) in [6.07, 6.45) is 5.84. The van der Waals surface area contributed by atoms with Gasteiger partial charge in [-0.15, -0.1) is 0 Å². The summed E-state index contributed by atoms with van der Waals surface area (Å²) in [5.41, 5.74) is 3.36. The third-order valence-corrected chi connectivity index (χ3v) is 7.92. The predicted octanol–water partition coefficient (Wildman–Crippen LogP) is 3.86. The van der Waals surface area contributed by atoms with E-state index in [9.17, 15) is 14.4 Å². The van der Waals surface area contributed by atoms with Crippen molar-refractivity contribution < 1.29 is 19.1 Å². The Bertz CT molecular complexity index is 1510. The standard InChI is InChI=1S/C31H31N5O4/c37-29(25-12-7-15-35-21-32-18-27(25)35)34-16-13-24(23-10-5-2-6-11-23)28(19-34)36-17-14-26(30(36)38)33-31(39)40-20-22-8-3-1-4-9-22/h1-12,15,18,21,24,26,28H,13-14,16-17,19-20H2,(H,33,39)/t24-,26?,28+/m0/s1. The molecule has 3 amide bonds. The molecular weight excluding hydrogens is 506 g/mol. The Morgan fingerprint density at radius 2 is 1.73 bits per heavy atom. The van der Waals surface area contributed by atoms with Crippen LogP contribution in [0.3, 0.4) is 0 Å². The van der Waals surface area contributed by atoms with Gasteiger partial charge in [-0.3, -0.25) is 9.59 Å². The fraction of sp³-hybridized carbons (Fsp3) is 0.290. The van der Waals surface area contributed by atoms with Crippen LogP contribution >= 0.6 is 0 Å². The molecule has 0 bridgehead atoms. The predicted molar refractivity (Wildman–Crippen MR) is 149 cm³/mol. The van der Waals surface area contributed by atoms with Crippen molar-refractivity contribution in [3.8, 4) is 0 Å². The topological polar surface area (TPSA) is 96.3 Å². The van der Waals surface area contributed by atoms with Gasteiger partial charge in [0.05, 0.1) is 29.6 Å². The number of aromatic nitrogens is 2. The second-order valence-electron chi connectivity index (χ2n) is 10.3. The molecule has 0 aliphatic carbocycles. The van der Waals surface area contributed by atoms with E-state index in [2.05, 4.69) is 22.4 Å². The average molecular weight is 538 g/mol. The molecule has 9 heteroatoms. The maximum absolute atomic E-state index is 13.7. The van der Waals surface area contributed by atoms with Crippen molar-refractivity contribution in [1.29, 1.82) is 0 Å². The molecule has 1 N–H and O–H groups in total. The van der Waals surface area contributed by atoms with E-state index in [0.29, 0.717) is 31.6 Å². The zero-order valence-electron chi connectivity index (χ0n) is 22.1. The summed E-state index contributed by atoms with van der Waals surface area (Å²) in [6.45, 7) is 1.62. The molecule has 6 rings (SSSR count). The van der Waals surface area contributed by atoms with Crippen LogP contribution in [-0.4, -0.2) is 68.8 Å². The van der Waals surface area contributed by atoms with Crippen LogP contribution in [0.2, 0.25) is 0 Å². The van der Waals surface area contributed by atoms with E-state index in [0.717, 1.165) is 23.1 Å². The molecule has 4 aromatic rings. The minimum absolute atomic E-state index is 0.0729. The number of rotatable bonds is 6. The molecule has 0 radical (unpaired) electrons. The summed E-state index contributed by atoms with van der Waals surface area (Å²) in [4.78, 5) is 47.7. The van der Waals surface area contributed by atoms with Gasteiger partial charge in [0.25, 0.3) is 5.91 Å². The van der Waals surface area contributed by atoms with Crippen LogP contribution in [0.15, 0.2) is 91.5 Å². The lowest BCUT2D eigenvalue weighted by Gasteiger charge is -2.43. The third-order valence-electron chi connectivity index (χ3n) is 7.92. The number of pyridine rings is 1. The van der Waals surface area contributed by atoms with Crippen LogP contribution in [-0.2, 0) is 16.1 Å².